The van der Waals surface area contributed by atoms with Gasteiger partial charge < -0.3 is 14.4 Å². The Balaban J connectivity index is 1.46. The summed E-state index contributed by atoms with van der Waals surface area (Å²) in [7, 11) is 0. The first-order chi connectivity index (χ1) is 13.5. The lowest BCUT2D eigenvalue weighted by atomic mass is 9.98. The highest BCUT2D eigenvalue weighted by atomic mass is 32.1. The van der Waals surface area contributed by atoms with E-state index in [1.807, 2.05) is 47.5 Å². The fraction of sp³-hybridized carbons (Fsp3) is 0.455. The van der Waals surface area contributed by atoms with E-state index in [0.29, 0.717) is 18.2 Å². The SMILES string of the molecule is Cc1cc(OCC(=O)OCC(=O)N2CCCC2c2cccs2)ccc1C(C)C. The summed E-state index contributed by atoms with van der Waals surface area (Å²) in [6.07, 6.45) is 1.92. The van der Waals surface area contributed by atoms with E-state index in [-0.39, 0.29) is 25.2 Å². The highest BCUT2D eigenvalue weighted by Gasteiger charge is 2.30. The molecule has 2 heterocycles. The van der Waals surface area contributed by atoms with Crippen molar-refractivity contribution in [3.05, 3.63) is 51.7 Å². The number of esters is 1. The van der Waals surface area contributed by atoms with Gasteiger partial charge in [0, 0.05) is 11.4 Å². The molecule has 5 nitrogen and oxygen atoms in total. The Hall–Kier alpha value is -2.34. The van der Waals surface area contributed by atoms with E-state index < -0.39 is 5.97 Å². The lowest BCUT2D eigenvalue weighted by Gasteiger charge is -2.23. The number of aryl methyl sites for hydroxylation is 1. The first-order valence-corrected chi connectivity index (χ1v) is 10.6. The summed E-state index contributed by atoms with van der Waals surface area (Å²) in [6.45, 7) is 6.56. The van der Waals surface area contributed by atoms with Crippen LogP contribution in [0.25, 0.3) is 0 Å². The van der Waals surface area contributed by atoms with Crippen molar-refractivity contribution in [3.8, 4) is 5.75 Å². The topological polar surface area (TPSA) is 55.8 Å². The quantitative estimate of drug-likeness (QED) is 0.643. The Bertz CT molecular complexity index is 816. The zero-order valence-corrected chi connectivity index (χ0v) is 17.5. The zero-order chi connectivity index (χ0) is 20.1. The van der Waals surface area contributed by atoms with Gasteiger partial charge in [-0.3, -0.25) is 4.79 Å². The largest absolute Gasteiger partial charge is 0.482 e. The molecule has 6 heteroatoms. The second-order valence-corrected chi connectivity index (χ2v) is 8.36. The van der Waals surface area contributed by atoms with Gasteiger partial charge in [0.1, 0.15) is 5.75 Å². The van der Waals surface area contributed by atoms with Gasteiger partial charge in [0.2, 0.25) is 0 Å². The molecule has 1 aliphatic heterocycles. The molecule has 1 unspecified atom stereocenters. The molecule has 1 aromatic carbocycles. The number of likely N-dealkylation sites (tertiary alicyclic amines) is 1. The van der Waals surface area contributed by atoms with Crippen LogP contribution in [-0.4, -0.2) is 36.5 Å². The van der Waals surface area contributed by atoms with Crippen LogP contribution >= 0.6 is 11.3 Å². The van der Waals surface area contributed by atoms with Gasteiger partial charge in [0.05, 0.1) is 6.04 Å². The lowest BCUT2D eigenvalue weighted by Crippen LogP contribution is -2.34. The third kappa shape index (κ3) is 4.93. The van der Waals surface area contributed by atoms with Gasteiger partial charge in [-0.1, -0.05) is 26.0 Å². The number of rotatable bonds is 7. The van der Waals surface area contributed by atoms with Gasteiger partial charge in [-0.05, 0) is 60.4 Å². The summed E-state index contributed by atoms with van der Waals surface area (Å²) in [6, 6.07) is 9.94. The average molecular weight is 402 g/mol. The predicted octanol–water partition coefficient (Wildman–Crippen LogP) is 4.47. The van der Waals surface area contributed by atoms with E-state index in [1.165, 1.54) is 10.4 Å². The number of hydrogen-bond acceptors (Lipinski definition) is 5. The maximum Gasteiger partial charge on any atom is 0.344 e. The Morgan fingerprint density at radius 3 is 2.75 bits per heavy atom. The Kier molecular flexibility index (Phi) is 6.73. The lowest BCUT2D eigenvalue weighted by molar-refractivity contribution is -0.154. The molecule has 1 fully saturated rings. The second-order valence-electron chi connectivity index (χ2n) is 7.38. The van der Waals surface area contributed by atoms with Gasteiger partial charge in [0.15, 0.2) is 13.2 Å². The molecule has 2 aromatic rings. The predicted molar refractivity (Wildman–Crippen MR) is 110 cm³/mol. The van der Waals surface area contributed by atoms with Crippen LogP contribution in [0.5, 0.6) is 5.75 Å². The van der Waals surface area contributed by atoms with Crippen LogP contribution in [0.15, 0.2) is 35.7 Å². The van der Waals surface area contributed by atoms with Crippen molar-refractivity contribution in [2.45, 2.75) is 45.6 Å². The molecule has 0 radical (unpaired) electrons. The molecule has 0 bridgehead atoms. The number of benzene rings is 1. The fourth-order valence-corrected chi connectivity index (χ4v) is 4.51. The minimum Gasteiger partial charge on any atom is -0.482 e. The summed E-state index contributed by atoms with van der Waals surface area (Å²) >= 11 is 1.65. The maximum absolute atomic E-state index is 12.5. The molecule has 0 aliphatic carbocycles. The minimum atomic E-state index is -0.536. The van der Waals surface area contributed by atoms with E-state index in [4.69, 9.17) is 9.47 Å². The van der Waals surface area contributed by atoms with E-state index in [9.17, 15) is 9.59 Å². The van der Waals surface area contributed by atoms with Gasteiger partial charge >= 0.3 is 5.97 Å². The smallest absolute Gasteiger partial charge is 0.344 e. The number of ether oxygens (including phenoxy) is 2. The molecule has 0 N–H and O–H groups in total. The Labute approximate surface area is 170 Å². The van der Waals surface area contributed by atoms with Crippen LogP contribution < -0.4 is 4.74 Å². The standard InChI is InChI=1S/C22H27NO4S/c1-15(2)18-9-8-17(12-16(18)3)26-14-22(25)27-13-21(24)23-10-4-6-19(23)20-7-5-11-28-20/h5,7-9,11-12,15,19H,4,6,10,13-14H2,1-3H3. The minimum absolute atomic E-state index is 0.102. The summed E-state index contributed by atoms with van der Waals surface area (Å²) in [5, 5.41) is 2.02. The van der Waals surface area contributed by atoms with Crippen LogP contribution in [0.4, 0.5) is 0 Å². The van der Waals surface area contributed by atoms with E-state index in [0.717, 1.165) is 18.4 Å². The molecule has 0 spiro atoms. The third-order valence-electron chi connectivity index (χ3n) is 5.02. The highest BCUT2D eigenvalue weighted by molar-refractivity contribution is 7.10. The maximum atomic E-state index is 12.5. The normalized spacial score (nSPS) is 16.4. The number of thiophene rings is 1. The fourth-order valence-electron chi connectivity index (χ4n) is 3.64. The molecule has 150 valence electrons. The van der Waals surface area contributed by atoms with Crippen LogP contribution in [-0.2, 0) is 14.3 Å². The van der Waals surface area contributed by atoms with Crippen molar-refractivity contribution in [1.82, 2.24) is 4.90 Å². The molecule has 1 saturated heterocycles. The summed E-state index contributed by atoms with van der Waals surface area (Å²) in [4.78, 5) is 27.5. The molecule has 1 aliphatic rings. The number of hydrogen-bond donors (Lipinski definition) is 0. The summed E-state index contributed by atoms with van der Waals surface area (Å²) in [5.41, 5.74) is 2.39. The number of nitrogens with zero attached hydrogens (tertiary/aromatic N) is 1. The molecule has 1 aromatic heterocycles. The first kappa shape index (κ1) is 20.4. The van der Waals surface area contributed by atoms with E-state index in [2.05, 4.69) is 13.8 Å². The molecule has 0 saturated carbocycles. The van der Waals surface area contributed by atoms with Crippen LogP contribution in [0.3, 0.4) is 0 Å². The molecule has 1 atom stereocenters. The number of amides is 1. The van der Waals surface area contributed by atoms with Crippen LogP contribution in [0, 0.1) is 6.92 Å². The summed E-state index contributed by atoms with van der Waals surface area (Å²) in [5.74, 6) is 0.378. The molecule has 1 amide bonds. The van der Waals surface area contributed by atoms with Gasteiger partial charge in [-0.25, -0.2) is 4.79 Å². The monoisotopic (exact) mass is 401 g/mol. The molecular formula is C22H27NO4S. The van der Waals surface area contributed by atoms with Crippen molar-refractivity contribution in [3.63, 3.8) is 0 Å². The Morgan fingerprint density at radius 1 is 1.25 bits per heavy atom. The van der Waals surface area contributed by atoms with Crippen LogP contribution in [0.1, 0.15) is 54.7 Å². The van der Waals surface area contributed by atoms with Gasteiger partial charge in [0.25, 0.3) is 5.91 Å². The zero-order valence-electron chi connectivity index (χ0n) is 16.6. The Morgan fingerprint density at radius 2 is 2.07 bits per heavy atom. The van der Waals surface area contributed by atoms with Crippen molar-refractivity contribution >= 4 is 23.2 Å². The number of carbonyl (C=O) groups excluding carboxylic acids is 2. The van der Waals surface area contributed by atoms with Crippen LogP contribution in [0.2, 0.25) is 0 Å². The van der Waals surface area contributed by atoms with E-state index >= 15 is 0 Å². The summed E-state index contributed by atoms with van der Waals surface area (Å²) < 4.78 is 10.7. The van der Waals surface area contributed by atoms with Crippen molar-refractivity contribution in [2.24, 2.45) is 0 Å². The third-order valence-corrected chi connectivity index (χ3v) is 5.99. The van der Waals surface area contributed by atoms with E-state index in [1.54, 1.807) is 11.3 Å². The second kappa shape index (κ2) is 9.24. The first-order valence-electron chi connectivity index (χ1n) is 9.67. The number of carbonyl (C=O) groups is 2. The van der Waals surface area contributed by atoms with Crippen molar-refractivity contribution in [1.29, 1.82) is 0 Å². The van der Waals surface area contributed by atoms with Gasteiger partial charge in [-0.15, -0.1) is 11.3 Å². The van der Waals surface area contributed by atoms with Crippen molar-refractivity contribution < 1.29 is 19.1 Å². The average Bonchev–Trinajstić information content (AvgIpc) is 3.35. The molecule has 3 rings (SSSR count). The molecular weight excluding hydrogens is 374 g/mol. The molecule has 28 heavy (non-hydrogen) atoms. The highest BCUT2D eigenvalue weighted by Crippen LogP contribution is 2.34. The van der Waals surface area contributed by atoms with Gasteiger partial charge in [-0.2, -0.15) is 0 Å². The van der Waals surface area contributed by atoms with Crippen molar-refractivity contribution in [2.75, 3.05) is 19.8 Å².